The second kappa shape index (κ2) is 6.00. The molecule has 17 heavy (non-hydrogen) atoms. The Morgan fingerprint density at radius 2 is 1.88 bits per heavy atom. The number of nitrogens with zero attached hydrogens (tertiary/aromatic N) is 1. The summed E-state index contributed by atoms with van der Waals surface area (Å²) in [6.45, 7) is 0.401. The largest absolute Gasteiger partial charge is 0.372 e. The molecule has 0 aromatic heterocycles. The Morgan fingerprint density at radius 1 is 1.29 bits per heavy atom. The third kappa shape index (κ3) is 3.92. The van der Waals surface area contributed by atoms with Gasteiger partial charge in [-0.1, -0.05) is 0 Å². The fraction of sp³-hybridized carbons (Fsp3) is 0.818. The van der Waals surface area contributed by atoms with Crippen molar-refractivity contribution in [3.05, 3.63) is 6.42 Å². The van der Waals surface area contributed by atoms with Crippen LogP contribution in [0.3, 0.4) is 0 Å². The molecule has 1 radical (unpaired) electrons. The summed E-state index contributed by atoms with van der Waals surface area (Å²) >= 11 is 0. The predicted octanol–water partition coefficient (Wildman–Crippen LogP) is 2.19. The van der Waals surface area contributed by atoms with Gasteiger partial charge in [0.15, 0.2) is 0 Å². The SMILES string of the molecule is O=C(C1CCC(F)(F)CC1)N1C[CH-]C(F)C1.[Y]. The van der Waals surface area contributed by atoms with Gasteiger partial charge in [0.05, 0.1) is 0 Å². The fourth-order valence-electron chi connectivity index (χ4n) is 2.33. The molecular weight excluding hydrogens is 308 g/mol. The number of hydrogen-bond acceptors (Lipinski definition) is 1. The molecule has 0 N–H and O–H groups in total. The van der Waals surface area contributed by atoms with Crippen LogP contribution in [0.2, 0.25) is 0 Å². The van der Waals surface area contributed by atoms with Crippen molar-refractivity contribution in [1.29, 1.82) is 0 Å². The van der Waals surface area contributed by atoms with Crippen LogP contribution < -0.4 is 0 Å². The average molecular weight is 323 g/mol. The van der Waals surface area contributed by atoms with Gasteiger partial charge in [0, 0.05) is 58.0 Å². The maximum atomic E-state index is 12.9. The molecule has 1 aliphatic heterocycles. The van der Waals surface area contributed by atoms with Gasteiger partial charge in [0.25, 0.3) is 0 Å². The Balaban J connectivity index is 0.00000144. The summed E-state index contributed by atoms with van der Waals surface area (Å²) in [6.07, 6.45) is 0.377. The first-order valence-corrected chi connectivity index (χ1v) is 5.62. The summed E-state index contributed by atoms with van der Waals surface area (Å²) < 4.78 is 38.6. The molecular formula is C11H15F3NOY-. The van der Waals surface area contributed by atoms with Crippen molar-refractivity contribution >= 4 is 5.91 Å². The number of amides is 1. The van der Waals surface area contributed by atoms with Crippen LogP contribution in [0.15, 0.2) is 0 Å². The number of likely N-dealkylation sites (tertiary alicyclic amines) is 1. The molecule has 1 aliphatic carbocycles. The van der Waals surface area contributed by atoms with Gasteiger partial charge in [0.1, 0.15) is 0 Å². The predicted molar refractivity (Wildman–Crippen MR) is 52.7 cm³/mol. The zero-order valence-electron chi connectivity index (χ0n) is 9.54. The van der Waals surface area contributed by atoms with Gasteiger partial charge in [-0.05, 0) is 19.0 Å². The molecule has 1 unspecified atom stereocenters. The monoisotopic (exact) mass is 323 g/mol. The van der Waals surface area contributed by atoms with E-state index in [4.69, 9.17) is 0 Å². The number of hydrogen-bond donors (Lipinski definition) is 0. The van der Waals surface area contributed by atoms with E-state index < -0.39 is 12.1 Å². The van der Waals surface area contributed by atoms with Crippen molar-refractivity contribution < 1.29 is 50.7 Å². The van der Waals surface area contributed by atoms with Gasteiger partial charge in [-0.3, -0.25) is 15.6 Å². The molecule has 2 fully saturated rings. The minimum absolute atomic E-state index is 0. The Labute approximate surface area is 124 Å². The van der Waals surface area contributed by atoms with Crippen LogP contribution in [0.5, 0.6) is 0 Å². The third-order valence-corrected chi connectivity index (χ3v) is 3.35. The molecule has 6 heteroatoms. The molecule has 0 bridgehead atoms. The third-order valence-electron chi connectivity index (χ3n) is 3.35. The topological polar surface area (TPSA) is 20.3 Å². The molecule has 1 atom stereocenters. The van der Waals surface area contributed by atoms with Gasteiger partial charge < -0.3 is 4.90 Å². The number of rotatable bonds is 1. The Kier molecular flexibility index (Phi) is 5.45. The zero-order chi connectivity index (χ0) is 11.8. The van der Waals surface area contributed by atoms with Gasteiger partial charge in [-0.15, -0.1) is 6.54 Å². The maximum Gasteiger partial charge on any atom is 0.248 e. The molecule has 0 spiro atoms. The molecule has 2 rings (SSSR count). The van der Waals surface area contributed by atoms with E-state index in [1.54, 1.807) is 0 Å². The first-order valence-electron chi connectivity index (χ1n) is 5.62. The van der Waals surface area contributed by atoms with Crippen LogP contribution in [0.4, 0.5) is 13.2 Å². The number of halogens is 3. The van der Waals surface area contributed by atoms with Gasteiger partial charge in [-0.25, -0.2) is 8.78 Å². The Bertz CT molecular complexity index is 278. The first-order chi connectivity index (χ1) is 7.48. The Morgan fingerprint density at radius 3 is 2.35 bits per heavy atom. The number of carbonyl (C=O) groups is 1. The van der Waals surface area contributed by atoms with Crippen LogP contribution in [0, 0.1) is 12.3 Å². The van der Waals surface area contributed by atoms with Crippen LogP contribution in [-0.2, 0) is 37.5 Å². The Hall–Kier alpha value is 0.364. The van der Waals surface area contributed by atoms with E-state index >= 15 is 0 Å². The minimum Gasteiger partial charge on any atom is -0.372 e. The second-order valence-corrected chi connectivity index (χ2v) is 4.63. The van der Waals surface area contributed by atoms with Gasteiger partial charge in [0.2, 0.25) is 11.8 Å². The van der Waals surface area contributed by atoms with E-state index in [0.29, 0.717) is 6.54 Å². The maximum absolute atomic E-state index is 12.9. The van der Waals surface area contributed by atoms with E-state index in [1.165, 1.54) is 11.3 Å². The molecule has 2 aliphatic rings. The van der Waals surface area contributed by atoms with Crippen molar-refractivity contribution in [2.24, 2.45) is 5.92 Å². The number of carbonyl (C=O) groups excluding carboxylic acids is 1. The minimum atomic E-state index is -2.61. The van der Waals surface area contributed by atoms with E-state index in [0.717, 1.165) is 0 Å². The van der Waals surface area contributed by atoms with Crippen molar-refractivity contribution in [2.75, 3.05) is 13.1 Å². The second-order valence-electron chi connectivity index (χ2n) is 4.63. The molecule has 1 saturated carbocycles. The quantitative estimate of drug-likeness (QED) is 0.678. The molecule has 0 aromatic carbocycles. The standard InChI is InChI=1S/C11H15F3NO.Y/c12-9-3-6-15(7-9)10(16)8-1-4-11(13,14)5-2-8;/h3,8-9H,1-2,4-7H2;/q-1;. The zero-order valence-corrected chi connectivity index (χ0v) is 12.4. The summed E-state index contributed by atoms with van der Waals surface area (Å²) in [5.41, 5.74) is 0. The van der Waals surface area contributed by atoms with Crippen molar-refractivity contribution in [3.8, 4) is 0 Å². The molecule has 0 aromatic rings. The molecule has 1 saturated heterocycles. The molecule has 95 valence electrons. The summed E-state index contributed by atoms with van der Waals surface area (Å²) in [6, 6.07) is 0. The van der Waals surface area contributed by atoms with Crippen LogP contribution in [0.1, 0.15) is 25.7 Å². The first kappa shape index (κ1) is 15.4. The van der Waals surface area contributed by atoms with Crippen molar-refractivity contribution in [1.82, 2.24) is 4.90 Å². The number of alkyl halides is 3. The van der Waals surface area contributed by atoms with Gasteiger partial charge >= 0.3 is 0 Å². The molecule has 2 nitrogen and oxygen atoms in total. The molecule has 1 amide bonds. The van der Waals surface area contributed by atoms with Gasteiger partial charge in [-0.2, -0.15) is 0 Å². The smallest absolute Gasteiger partial charge is 0.248 e. The molecule has 1 heterocycles. The summed E-state index contributed by atoms with van der Waals surface area (Å²) in [7, 11) is 0. The summed E-state index contributed by atoms with van der Waals surface area (Å²) in [5.74, 6) is -3.11. The summed E-state index contributed by atoms with van der Waals surface area (Å²) in [4.78, 5) is 13.3. The van der Waals surface area contributed by atoms with Crippen molar-refractivity contribution in [3.63, 3.8) is 0 Å². The van der Waals surface area contributed by atoms with Crippen LogP contribution in [-0.4, -0.2) is 36.0 Å². The summed E-state index contributed by atoms with van der Waals surface area (Å²) in [5, 5.41) is 0. The van der Waals surface area contributed by atoms with E-state index in [-0.39, 0.29) is 76.8 Å². The van der Waals surface area contributed by atoms with Crippen LogP contribution in [0.25, 0.3) is 0 Å². The van der Waals surface area contributed by atoms with E-state index in [2.05, 4.69) is 0 Å². The average Bonchev–Trinajstić information content (AvgIpc) is 2.64. The van der Waals surface area contributed by atoms with E-state index in [9.17, 15) is 18.0 Å². The normalized spacial score (nSPS) is 28.9. The fourth-order valence-corrected chi connectivity index (χ4v) is 2.33. The van der Waals surface area contributed by atoms with Crippen LogP contribution >= 0.6 is 0 Å². The van der Waals surface area contributed by atoms with E-state index in [1.807, 2.05) is 0 Å². The van der Waals surface area contributed by atoms with Crippen molar-refractivity contribution in [2.45, 2.75) is 37.8 Å².